The number of nitrogens with zero attached hydrogens (tertiary/aromatic N) is 1. The molecule has 5 rings (SSSR count). The van der Waals surface area contributed by atoms with E-state index < -0.39 is 41.7 Å². The maximum Gasteiger partial charge on any atom is 0.325 e. The molecule has 188 valence electrons. The minimum Gasteiger partial charge on any atom is -0.454 e. The third-order valence-corrected chi connectivity index (χ3v) is 6.94. The van der Waals surface area contributed by atoms with E-state index >= 15 is 0 Å². The largest absolute Gasteiger partial charge is 0.454 e. The van der Waals surface area contributed by atoms with E-state index in [0.717, 1.165) is 30.2 Å². The Morgan fingerprint density at radius 3 is 2.72 bits per heavy atom. The molecule has 1 saturated carbocycles. The minimum absolute atomic E-state index is 0.0433. The van der Waals surface area contributed by atoms with Crippen LogP contribution in [-0.4, -0.2) is 47.5 Å². The normalized spacial score (nSPS) is 22.5. The van der Waals surface area contributed by atoms with Crippen LogP contribution in [0.25, 0.3) is 0 Å². The first kappa shape index (κ1) is 23.6. The Labute approximate surface area is 206 Å². The van der Waals surface area contributed by atoms with Crippen LogP contribution in [0.15, 0.2) is 36.4 Å². The fraction of sp³-hybridized carbons (Fsp3) is 0.360. The van der Waals surface area contributed by atoms with Crippen LogP contribution in [0.1, 0.15) is 43.0 Å². The van der Waals surface area contributed by atoms with Crippen molar-refractivity contribution < 1.29 is 33.0 Å². The second-order valence-electron chi connectivity index (χ2n) is 9.20. The number of carbonyl (C=O) groups is 4. The van der Waals surface area contributed by atoms with Gasteiger partial charge in [-0.15, -0.1) is 0 Å². The second kappa shape index (κ2) is 9.14. The van der Waals surface area contributed by atoms with E-state index in [-0.39, 0.29) is 24.1 Å². The number of hydrogen-bond donors (Lipinski definition) is 3. The Bertz CT molecular complexity index is 1270. The molecule has 3 N–H and O–H groups in total. The van der Waals surface area contributed by atoms with Gasteiger partial charge in [0, 0.05) is 11.3 Å². The molecule has 1 spiro atoms. The highest BCUT2D eigenvalue weighted by Crippen LogP contribution is 2.38. The number of halogens is 1. The van der Waals surface area contributed by atoms with Crippen molar-refractivity contribution in [2.45, 2.75) is 38.1 Å². The monoisotopic (exact) mass is 496 g/mol. The maximum absolute atomic E-state index is 14.4. The van der Waals surface area contributed by atoms with Gasteiger partial charge in [0.25, 0.3) is 11.8 Å². The van der Waals surface area contributed by atoms with E-state index in [2.05, 4.69) is 16.0 Å². The van der Waals surface area contributed by atoms with Gasteiger partial charge in [-0.2, -0.15) is 0 Å². The van der Waals surface area contributed by atoms with Gasteiger partial charge in [0.1, 0.15) is 17.9 Å². The third kappa shape index (κ3) is 4.21. The fourth-order valence-corrected chi connectivity index (χ4v) is 4.91. The van der Waals surface area contributed by atoms with Crippen molar-refractivity contribution in [1.29, 1.82) is 0 Å². The average Bonchev–Trinajstić information content (AvgIpc) is 3.41. The Morgan fingerprint density at radius 2 is 1.92 bits per heavy atom. The Kier molecular flexibility index (Phi) is 5.99. The quantitative estimate of drug-likeness (QED) is 0.546. The highest BCUT2D eigenvalue weighted by atomic mass is 19.1. The van der Waals surface area contributed by atoms with Crippen LogP contribution in [0.3, 0.4) is 0 Å². The molecule has 3 aliphatic rings. The molecule has 2 atom stereocenters. The molecule has 36 heavy (non-hydrogen) atoms. The molecule has 1 aliphatic carbocycles. The van der Waals surface area contributed by atoms with E-state index in [1.807, 2.05) is 6.92 Å². The van der Waals surface area contributed by atoms with E-state index in [0.29, 0.717) is 23.5 Å². The van der Waals surface area contributed by atoms with Gasteiger partial charge in [-0.25, -0.2) is 9.18 Å². The van der Waals surface area contributed by atoms with Gasteiger partial charge in [0.15, 0.2) is 11.5 Å². The Balaban J connectivity index is 1.25. The number of urea groups is 1. The highest BCUT2D eigenvalue weighted by molar-refractivity contribution is 6.10. The molecule has 2 aromatic rings. The number of nitrogens with one attached hydrogen (secondary N) is 3. The third-order valence-electron chi connectivity index (χ3n) is 6.94. The lowest BCUT2D eigenvalue weighted by Crippen LogP contribution is -2.54. The standard InChI is InChI=1S/C25H25FN4O6/c1-14-4-2-3-9-25(14)23(33)30(24(34)29-25)12-21(31)28-18-11-16(6-7-17(18)26)27-22(32)15-5-8-19-20(10-15)36-13-35-19/h5-8,10-11,14H,2-4,9,12-13H2,1H3,(H,27,32)(H,28,31)(H,29,34). The first-order valence-corrected chi connectivity index (χ1v) is 11.7. The molecule has 2 unspecified atom stereocenters. The summed E-state index contributed by atoms with van der Waals surface area (Å²) < 4.78 is 24.9. The van der Waals surface area contributed by atoms with Crippen molar-refractivity contribution in [2.75, 3.05) is 24.0 Å². The van der Waals surface area contributed by atoms with Crippen molar-refractivity contribution in [3.63, 3.8) is 0 Å². The summed E-state index contributed by atoms with van der Waals surface area (Å²) in [6.07, 6.45) is 3.12. The van der Waals surface area contributed by atoms with Crippen LogP contribution in [0.5, 0.6) is 11.5 Å². The molecule has 0 radical (unpaired) electrons. The molecule has 5 amide bonds. The summed E-state index contributed by atoms with van der Waals surface area (Å²) >= 11 is 0. The van der Waals surface area contributed by atoms with Crippen LogP contribution in [0.4, 0.5) is 20.6 Å². The van der Waals surface area contributed by atoms with Gasteiger partial charge in [0.05, 0.1) is 5.69 Å². The maximum atomic E-state index is 14.4. The van der Waals surface area contributed by atoms with Crippen molar-refractivity contribution >= 4 is 35.1 Å². The number of anilines is 2. The van der Waals surface area contributed by atoms with Gasteiger partial charge in [-0.3, -0.25) is 19.3 Å². The number of carbonyl (C=O) groups excluding carboxylic acids is 4. The van der Waals surface area contributed by atoms with E-state index in [9.17, 15) is 23.6 Å². The van der Waals surface area contributed by atoms with Gasteiger partial charge in [-0.05, 0) is 55.2 Å². The predicted molar refractivity (Wildman–Crippen MR) is 126 cm³/mol. The number of ether oxygens (including phenoxy) is 2. The molecule has 2 fully saturated rings. The molecular weight excluding hydrogens is 471 g/mol. The van der Waals surface area contributed by atoms with E-state index in [4.69, 9.17) is 9.47 Å². The molecule has 11 heteroatoms. The van der Waals surface area contributed by atoms with Crippen LogP contribution in [-0.2, 0) is 9.59 Å². The zero-order valence-corrected chi connectivity index (χ0v) is 19.6. The first-order valence-electron chi connectivity index (χ1n) is 11.7. The van der Waals surface area contributed by atoms with Gasteiger partial charge in [0.2, 0.25) is 12.7 Å². The summed E-state index contributed by atoms with van der Waals surface area (Å²) in [5.74, 6) is -1.44. The summed E-state index contributed by atoms with van der Waals surface area (Å²) in [6, 6.07) is 7.78. The molecular formula is C25H25FN4O6. The van der Waals surface area contributed by atoms with E-state index in [1.54, 1.807) is 12.1 Å². The van der Waals surface area contributed by atoms with Crippen LogP contribution >= 0.6 is 0 Å². The molecule has 2 heterocycles. The Morgan fingerprint density at radius 1 is 1.11 bits per heavy atom. The first-order chi connectivity index (χ1) is 17.3. The molecule has 2 aromatic carbocycles. The molecule has 0 bridgehead atoms. The lowest BCUT2D eigenvalue weighted by Gasteiger charge is -2.36. The van der Waals surface area contributed by atoms with Crippen LogP contribution in [0, 0.1) is 11.7 Å². The summed E-state index contributed by atoms with van der Waals surface area (Å²) in [5, 5.41) is 7.81. The summed E-state index contributed by atoms with van der Waals surface area (Å²) in [6.45, 7) is 1.44. The topological polar surface area (TPSA) is 126 Å². The number of rotatable bonds is 5. The molecule has 10 nitrogen and oxygen atoms in total. The SMILES string of the molecule is CC1CCCCC12NC(=O)N(CC(=O)Nc1cc(NC(=O)c3ccc4c(c3)OCO4)ccc1F)C2=O. The lowest BCUT2D eigenvalue weighted by atomic mass is 9.73. The number of hydrogen-bond acceptors (Lipinski definition) is 6. The summed E-state index contributed by atoms with van der Waals surface area (Å²) in [4.78, 5) is 51.7. The number of benzene rings is 2. The van der Waals surface area contributed by atoms with Crippen molar-refractivity contribution in [3.05, 3.63) is 47.8 Å². The van der Waals surface area contributed by atoms with Crippen molar-refractivity contribution in [1.82, 2.24) is 10.2 Å². The van der Waals surface area contributed by atoms with Crippen molar-refractivity contribution in [2.24, 2.45) is 5.92 Å². The predicted octanol–water partition coefficient (Wildman–Crippen LogP) is 3.25. The number of imide groups is 1. The smallest absolute Gasteiger partial charge is 0.325 e. The van der Waals surface area contributed by atoms with Crippen LogP contribution in [0.2, 0.25) is 0 Å². The zero-order valence-electron chi connectivity index (χ0n) is 19.6. The minimum atomic E-state index is -0.986. The Hall–Kier alpha value is -4.15. The average molecular weight is 496 g/mol. The molecule has 1 saturated heterocycles. The number of amides is 5. The van der Waals surface area contributed by atoms with Crippen molar-refractivity contribution in [3.8, 4) is 11.5 Å². The fourth-order valence-electron chi connectivity index (χ4n) is 4.91. The summed E-state index contributed by atoms with van der Waals surface area (Å²) in [5.41, 5.74) is -0.644. The summed E-state index contributed by atoms with van der Waals surface area (Å²) in [7, 11) is 0. The van der Waals surface area contributed by atoms with Gasteiger partial charge >= 0.3 is 6.03 Å². The van der Waals surface area contributed by atoms with Gasteiger partial charge in [-0.1, -0.05) is 19.8 Å². The second-order valence-corrected chi connectivity index (χ2v) is 9.20. The highest BCUT2D eigenvalue weighted by Gasteiger charge is 2.55. The lowest BCUT2D eigenvalue weighted by molar-refractivity contribution is -0.136. The zero-order chi connectivity index (χ0) is 25.4. The number of fused-ring (bicyclic) bond motifs is 1. The molecule has 0 aromatic heterocycles. The van der Waals surface area contributed by atoms with Crippen LogP contribution < -0.4 is 25.4 Å². The van der Waals surface area contributed by atoms with E-state index in [1.165, 1.54) is 18.2 Å². The molecule has 2 aliphatic heterocycles. The van der Waals surface area contributed by atoms with Gasteiger partial charge < -0.3 is 25.4 Å².